The zero-order valence-corrected chi connectivity index (χ0v) is 8.77. The van der Waals surface area contributed by atoms with Crippen LogP contribution in [0.25, 0.3) is 0 Å². The molecule has 0 aliphatic heterocycles. The maximum absolute atomic E-state index is 13.5. The second-order valence-electron chi connectivity index (χ2n) is 3.70. The first-order valence-corrected chi connectivity index (χ1v) is 4.37. The molecule has 1 aromatic carbocycles. The first-order chi connectivity index (χ1) is 6.92. The third-order valence-electron chi connectivity index (χ3n) is 2.14. The monoisotopic (exact) mass is 211 g/mol. The Hall–Kier alpha value is -1.63. The van der Waals surface area contributed by atoms with Gasteiger partial charge in [0.25, 0.3) is 0 Å². The normalized spacial score (nSPS) is 10.9. The van der Waals surface area contributed by atoms with E-state index >= 15 is 0 Å². The van der Waals surface area contributed by atoms with Crippen molar-refractivity contribution < 1.29 is 13.5 Å². The molecule has 0 saturated carbocycles. The smallest absolute Gasteiger partial charge is 0.134 e. The van der Waals surface area contributed by atoms with E-state index in [1.807, 2.05) is 6.07 Å². The van der Waals surface area contributed by atoms with Gasteiger partial charge in [-0.3, -0.25) is 0 Å². The minimum atomic E-state index is -1.05. The number of nitriles is 1. The van der Waals surface area contributed by atoms with E-state index in [4.69, 9.17) is 10.00 Å². The van der Waals surface area contributed by atoms with Crippen molar-refractivity contribution in [2.24, 2.45) is 0 Å². The van der Waals surface area contributed by atoms with Gasteiger partial charge in [0.2, 0.25) is 0 Å². The fourth-order valence-electron chi connectivity index (χ4n) is 1.37. The van der Waals surface area contributed by atoms with Crippen molar-refractivity contribution in [3.63, 3.8) is 0 Å². The minimum absolute atomic E-state index is 0.0547. The number of ether oxygens (including phenoxy) is 1. The van der Waals surface area contributed by atoms with Crippen LogP contribution in [0.5, 0.6) is 5.75 Å². The maximum atomic E-state index is 13.5. The molecule has 80 valence electrons. The van der Waals surface area contributed by atoms with Gasteiger partial charge in [-0.2, -0.15) is 5.26 Å². The summed E-state index contributed by atoms with van der Waals surface area (Å²) in [7, 11) is 1.31. The molecule has 1 aromatic rings. The predicted molar refractivity (Wildman–Crippen MR) is 51.5 cm³/mol. The average molecular weight is 211 g/mol. The maximum Gasteiger partial charge on any atom is 0.134 e. The third kappa shape index (κ3) is 2.07. The minimum Gasteiger partial charge on any atom is -0.496 e. The molecule has 0 bridgehead atoms. The molecule has 4 heteroatoms. The van der Waals surface area contributed by atoms with Gasteiger partial charge in [-0.1, -0.05) is 0 Å². The second-order valence-corrected chi connectivity index (χ2v) is 3.70. The number of nitrogens with zero attached hydrogens (tertiary/aromatic N) is 1. The largest absolute Gasteiger partial charge is 0.496 e. The molecule has 0 spiro atoms. The summed E-state index contributed by atoms with van der Waals surface area (Å²) in [6.07, 6.45) is 0. The number of hydrogen-bond acceptors (Lipinski definition) is 2. The topological polar surface area (TPSA) is 33.0 Å². The summed E-state index contributed by atoms with van der Waals surface area (Å²) in [5, 5.41) is 8.90. The Labute approximate surface area is 87.1 Å². The van der Waals surface area contributed by atoms with Crippen molar-refractivity contribution in [3.05, 3.63) is 29.3 Å². The number of halogens is 2. The highest BCUT2D eigenvalue weighted by Gasteiger charge is 2.28. The van der Waals surface area contributed by atoms with Crippen LogP contribution in [0.1, 0.15) is 19.4 Å². The van der Waals surface area contributed by atoms with Gasteiger partial charge in [0.15, 0.2) is 0 Å². The highest BCUT2D eigenvalue weighted by molar-refractivity contribution is 5.43. The van der Waals surface area contributed by atoms with Crippen molar-refractivity contribution in [1.82, 2.24) is 0 Å². The summed E-state index contributed by atoms with van der Waals surface area (Å²) < 4.78 is 31.3. The number of methoxy groups -OCH3 is 1. The number of rotatable bonds is 2. The molecule has 0 aromatic heterocycles. The van der Waals surface area contributed by atoms with Gasteiger partial charge < -0.3 is 4.74 Å². The van der Waals surface area contributed by atoms with Gasteiger partial charge in [0, 0.05) is 17.7 Å². The van der Waals surface area contributed by atoms with E-state index in [0.29, 0.717) is 0 Å². The lowest BCUT2D eigenvalue weighted by atomic mass is 9.85. The SMILES string of the molecule is COc1cc(F)cc(F)c1C(C)(C)C#N. The first-order valence-electron chi connectivity index (χ1n) is 4.37. The van der Waals surface area contributed by atoms with E-state index in [-0.39, 0.29) is 11.3 Å². The van der Waals surface area contributed by atoms with Crippen molar-refractivity contribution in [2.75, 3.05) is 7.11 Å². The molecule has 15 heavy (non-hydrogen) atoms. The molecule has 0 atom stereocenters. The molecular weight excluding hydrogens is 200 g/mol. The molecule has 0 saturated heterocycles. The van der Waals surface area contributed by atoms with E-state index in [1.54, 1.807) is 13.8 Å². The van der Waals surface area contributed by atoms with E-state index < -0.39 is 17.0 Å². The number of hydrogen-bond donors (Lipinski definition) is 0. The molecule has 0 unspecified atom stereocenters. The van der Waals surface area contributed by atoms with Crippen LogP contribution < -0.4 is 4.74 Å². The highest BCUT2D eigenvalue weighted by atomic mass is 19.1. The third-order valence-corrected chi connectivity index (χ3v) is 2.14. The predicted octanol–water partition coefficient (Wildman–Crippen LogP) is 2.77. The van der Waals surface area contributed by atoms with Crippen molar-refractivity contribution in [3.8, 4) is 11.8 Å². The lowest BCUT2D eigenvalue weighted by molar-refractivity contribution is 0.390. The lowest BCUT2D eigenvalue weighted by Gasteiger charge is -2.19. The van der Waals surface area contributed by atoms with Gasteiger partial charge in [-0.05, 0) is 13.8 Å². The molecule has 0 radical (unpaired) electrons. The zero-order valence-electron chi connectivity index (χ0n) is 8.77. The number of benzene rings is 1. The summed E-state index contributed by atoms with van der Waals surface area (Å²) in [6.45, 7) is 3.09. The summed E-state index contributed by atoms with van der Waals surface area (Å²) in [6, 6.07) is 3.76. The highest BCUT2D eigenvalue weighted by Crippen LogP contribution is 2.34. The molecule has 1 rings (SSSR count). The van der Waals surface area contributed by atoms with E-state index in [1.165, 1.54) is 7.11 Å². The Kier molecular flexibility index (Phi) is 2.94. The molecule has 0 aliphatic rings. The summed E-state index contributed by atoms with van der Waals surface area (Å²) in [5.41, 5.74) is -0.975. The fourth-order valence-corrected chi connectivity index (χ4v) is 1.37. The molecule has 0 N–H and O–H groups in total. The zero-order chi connectivity index (χ0) is 11.6. The van der Waals surface area contributed by atoms with E-state index in [2.05, 4.69) is 0 Å². The van der Waals surface area contributed by atoms with E-state index in [0.717, 1.165) is 12.1 Å². The molecule has 2 nitrogen and oxygen atoms in total. The van der Waals surface area contributed by atoms with Crippen molar-refractivity contribution >= 4 is 0 Å². The molecule has 0 heterocycles. The van der Waals surface area contributed by atoms with Gasteiger partial charge in [-0.25, -0.2) is 8.78 Å². The summed E-state index contributed by atoms with van der Waals surface area (Å²) in [5.74, 6) is -1.43. The molecule has 0 aliphatic carbocycles. The Morgan fingerprint density at radius 1 is 1.33 bits per heavy atom. The Bertz CT molecular complexity index is 421. The summed E-state index contributed by atoms with van der Waals surface area (Å²) in [4.78, 5) is 0. The molecular formula is C11H11F2NO. The Balaban J connectivity index is 3.48. The average Bonchev–Trinajstić information content (AvgIpc) is 2.15. The lowest BCUT2D eigenvalue weighted by Crippen LogP contribution is -2.17. The molecule has 0 amide bonds. The van der Waals surface area contributed by atoms with Gasteiger partial charge in [-0.15, -0.1) is 0 Å². The Morgan fingerprint density at radius 2 is 1.93 bits per heavy atom. The first kappa shape index (κ1) is 11.4. The van der Waals surface area contributed by atoms with Crippen LogP contribution in [0.3, 0.4) is 0 Å². The standard InChI is InChI=1S/C11H11F2NO/c1-11(2,6-14)10-8(13)4-7(12)5-9(10)15-3/h4-5H,1-3H3. The fraction of sp³-hybridized carbons (Fsp3) is 0.364. The van der Waals surface area contributed by atoms with Crippen LogP contribution in [0.4, 0.5) is 8.78 Å². The van der Waals surface area contributed by atoms with Gasteiger partial charge in [0.1, 0.15) is 17.4 Å². The molecule has 0 fully saturated rings. The van der Waals surface area contributed by atoms with Crippen molar-refractivity contribution in [2.45, 2.75) is 19.3 Å². The van der Waals surface area contributed by atoms with Crippen LogP contribution in [0.2, 0.25) is 0 Å². The van der Waals surface area contributed by atoms with E-state index in [9.17, 15) is 8.78 Å². The van der Waals surface area contributed by atoms with Crippen LogP contribution in [-0.2, 0) is 5.41 Å². The van der Waals surface area contributed by atoms with Gasteiger partial charge >= 0.3 is 0 Å². The van der Waals surface area contributed by atoms with Crippen molar-refractivity contribution in [1.29, 1.82) is 5.26 Å². The Morgan fingerprint density at radius 3 is 2.40 bits per heavy atom. The van der Waals surface area contributed by atoms with Crippen LogP contribution in [-0.4, -0.2) is 7.11 Å². The van der Waals surface area contributed by atoms with Crippen LogP contribution >= 0.6 is 0 Å². The quantitative estimate of drug-likeness (QED) is 0.753. The van der Waals surface area contributed by atoms with Crippen LogP contribution in [0, 0.1) is 23.0 Å². The second kappa shape index (κ2) is 3.85. The van der Waals surface area contributed by atoms with Gasteiger partial charge in [0.05, 0.1) is 18.6 Å². The van der Waals surface area contributed by atoms with Crippen LogP contribution in [0.15, 0.2) is 12.1 Å². The summed E-state index contributed by atoms with van der Waals surface area (Å²) >= 11 is 0.